The zero-order chi connectivity index (χ0) is 19.7. The van der Waals surface area contributed by atoms with Crippen LogP contribution in [0.5, 0.6) is 11.5 Å². The Bertz CT molecular complexity index is 1180. The van der Waals surface area contributed by atoms with Crippen molar-refractivity contribution in [2.45, 2.75) is 0 Å². The van der Waals surface area contributed by atoms with Gasteiger partial charge in [0, 0.05) is 16.8 Å². The van der Waals surface area contributed by atoms with E-state index in [0.717, 1.165) is 0 Å². The molecule has 28 heavy (non-hydrogen) atoms. The normalized spacial score (nSPS) is 10.8. The Morgan fingerprint density at radius 2 is 1.86 bits per heavy atom. The van der Waals surface area contributed by atoms with Crippen LogP contribution in [0.1, 0.15) is 10.5 Å². The summed E-state index contributed by atoms with van der Waals surface area (Å²) in [6.45, 7) is 0. The number of anilines is 2. The molecule has 3 N–H and O–H groups in total. The minimum atomic E-state index is -1.16. The molecule has 0 atom stereocenters. The zero-order valence-electron chi connectivity index (χ0n) is 14.4. The number of ether oxygens (including phenoxy) is 1. The lowest BCUT2D eigenvalue weighted by Gasteiger charge is -2.11. The predicted molar refractivity (Wildman–Crippen MR) is 106 cm³/mol. The van der Waals surface area contributed by atoms with Gasteiger partial charge in [-0.2, -0.15) is 0 Å². The summed E-state index contributed by atoms with van der Waals surface area (Å²) in [4.78, 5) is 13.8. The molecule has 0 aliphatic heterocycles. The van der Waals surface area contributed by atoms with Crippen molar-refractivity contribution in [3.63, 3.8) is 0 Å². The van der Waals surface area contributed by atoms with E-state index < -0.39 is 11.8 Å². The molecule has 1 aromatic heterocycles. The van der Waals surface area contributed by atoms with Gasteiger partial charge < -0.3 is 20.1 Å². The van der Waals surface area contributed by atoms with Crippen LogP contribution in [0.25, 0.3) is 10.9 Å². The molecular weight excluding hydrogens is 383 g/mol. The van der Waals surface area contributed by atoms with Crippen molar-refractivity contribution in [1.29, 1.82) is 0 Å². The van der Waals surface area contributed by atoms with Crippen molar-refractivity contribution in [3.8, 4) is 11.5 Å². The number of halogens is 2. The molecule has 0 spiro atoms. The Balaban J connectivity index is 1.63. The standard InChI is InChI=1S/C21H14ClFN2O3/c22-15-10-12(6-9-19(15)28-13-4-2-1-3-5-13)24-17-8-7-16(23)20-14(17)11-18(25-20)21(26)27/h1-11,24-25H,(H,26,27). The largest absolute Gasteiger partial charge is 0.477 e. The molecule has 0 aliphatic carbocycles. The number of fused-ring (bicyclic) bond motifs is 1. The number of carboxylic acid groups (broad SMARTS) is 1. The van der Waals surface area contributed by atoms with Crippen LogP contribution in [0, 0.1) is 5.82 Å². The van der Waals surface area contributed by atoms with Gasteiger partial charge in [-0.1, -0.05) is 29.8 Å². The Morgan fingerprint density at radius 1 is 1.07 bits per heavy atom. The number of H-pyrrole nitrogens is 1. The number of benzene rings is 3. The summed E-state index contributed by atoms with van der Waals surface area (Å²) >= 11 is 6.33. The number of hydrogen-bond donors (Lipinski definition) is 3. The van der Waals surface area contributed by atoms with Crippen LogP contribution in [0.4, 0.5) is 15.8 Å². The maximum Gasteiger partial charge on any atom is 0.352 e. The molecule has 5 nitrogen and oxygen atoms in total. The summed E-state index contributed by atoms with van der Waals surface area (Å²) in [5.74, 6) is -0.527. The summed E-state index contributed by atoms with van der Waals surface area (Å²) in [5.41, 5.74) is 1.23. The number of carboxylic acids is 1. The maximum absolute atomic E-state index is 14.0. The second kappa shape index (κ2) is 7.25. The van der Waals surface area contributed by atoms with E-state index in [1.165, 1.54) is 12.1 Å². The van der Waals surface area contributed by atoms with Gasteiger partial charge in [0.15, 0.2) is 0 Å². The molecule has 4 aromatic rings. The number of carbonyl (C=O) groups is 1. The Labute approximate surface area is 164 Å². The molecule has 1 heterocycles. The van der Waals surface area contributed by atoms with Crippen LogP contribution in [-0.2, 0) is 0 Å². The fraction of sp³-hybridized carbons (Fsp3) is 0. The van der Waals surface area contributed by atoms with Crippen LogP contribution < -0.4 is 10.1 Å². The number of para-hydroxylation sites is 1. The van der Waals surface area contributed by atoms with Gasteiger partial charge in [-0.15, -0.1) is 0 Å². The molecule has 4 rings (SSSR count). The lowest BCUT2D eigenvalue weighted by Crippen LogP contribution is -1.95. The predicted octanol–water partition coefficient (Wildman–Crippen LogP) is 6.19. The van der Waals surface area contributed by atoms with Crippen LogP contribution in [0.15, 0.2) is 66.7 Å². The second-order valence-corrected chi connectivity index (χ2v) is 6.46. The highest BCUT2D eigenvalue weighted by Gasteiger charge is 2.14. The van der Waals surface area contributed by atoms with Crippen LogP contribution >= 0.6 is 11.6 Å². The molecule has 3 aromatic carbocycles. The average Bonchev–Trinajstić information content (AvgIpc) is 3.14. The molecule has 0 amide bonds. The Kier molecular flexibility index (Phi) is 4.63. The van der Waals surface area contributed by atoms with Crippen molar-refractivity contribution in [1.82, 2.24) is 4.98 Å². The summed E-state index contributed by atoms with van der Waals surface area (Å²) in [5, 5.41) is 13.1. The van der Waals surface area contributed by atoms with E-state index in [2.05, 4.69) is 10.3 Å². The topological polar surface area (TPSA) is 74.3 Å². The fourth-order valence-corrected chi connectivity index (χ4v) is 3.06. The van der Waals surface area contributed by atoms with Gasteiger partial charge >= 0.3 is 5.97 Å². The quantitative estimate of drug-likeness (QED) is 0.375. The second-order valence-electron chi connectivity index (χ2n) is 6.06. The lowest BCUT2D eigenvalue weighted by molar-refractivity contribution is 0.0691. The number of aromatic carboxylic acids is 1. The van der Waals surface area contributed by atoms with Crippen molar-refractivity contribution < 1.29 is 19.0 Å². The first-order valence-electron chi connectivity index (χ1n) is 8.35. The van der Waals surface area contributed by atoms with E-state index >= 15 is 0 Å². The van der Waals surface area contributed by atoms with E-state index in [1.54, 1.807) is 24.3 Å². The van der Waals surface area contributed by atoms with Gasteiger partial charge in [0.1, 0.15) is 23.0 Å². The minimum Gasteiger partial charge on any atom is -0.477 e. The van der Waals surface area contributed by atoms with E-state index in [1.807, 2.05) is 30.3 Å². The first kappa shape index (κ1) is 17.9. The lowest BCUT2D eigenvalue weighted by atomic mass is 10.2. The van der Waals surface area contributed by atoms with Gasteiger partial charge in [-0.05, 0) is 48.5 Å². The highest BCUT2D eigenvalue weighted by molar-refractivity contribution is 6.32. The summed E-state index contributed by atoms with van der Waals surface area (Å²) in [6, 6.07) is 18.6. The summed E-state index contributed by atoms with van der Waals surface area (Å²) < 4.78 is 19.8. The molecule has 0 bridgehead atoms. The highest BCUT2D eigenvalue weighted by Crippen LogP contribution is 2.34. The first-order valence-corrected chi connectivity index (χ1v) is 8.73. The molecular formula is C21H14ClFN2O3. The number of aromatic nitrogens is 1. The van der Waals surface area contributed by atoms with Crippen molar-refractivity contribution in [2.24, 2.45) is 0 Å². The van der Waals surface area contributed by atoms with Gasteiger partial charge in [-0.3, -0.25) is 0 Å². The van der Waals surface area contributed by atoms with Gasteiger partial charge in [0.05, 0.1) is 10.5 Å². The number of hydrogen-bond acceptors (Lipinski definition) is 3. The van der Waals surface area contributed by atoms with Crippen LogP contribution in [0.2, 0.25) is 5.02 Å². The van der Waals surface area contributed by atoms with Gasteiger partial charge in [0.25, 0.3) is 0 Å². The molecule has 0 saturated carbocycles. The number of nitrogens with one attached hydrogen (secondary N) is 2. The molecule has 0 aliphatic rings. The van der Waals surface area contributed by atoms with Crippen molar-refractivity contribution in [3.05, 3.63) is 83.3 Å². The summed E-state index contributed by atoms with van der Waals surface area (Å²) in [7, 11) is 0. The fourth-order valence-electron chi connectivity index (χ4n) is 2.84. The third kappa shape index (κ3) is 3.50. The average molecular weight is 397 g/mol. The van der Waals surface area contributed by atoms with E-state index in [9.17, 15) is 9.18 Å². The Hall–Kier alpha value is -3.51. The maximum atomic E-state index is 14.0. The van der Waals surface area contributed by atoms with E-state index in [-0.39, 0.29) is 11.2 Å². The van der Waals surface area contributed by atoms with E-state index in [0.29, 0.717) is 33.3 Å². The van der Waals surface area contributed by atoms with Gasteiger partial charge in [-0.25, -0.2) is 9.18 Å². The number of rotatable bonds is 5. The monoisotopic (exact) mass is 396 g/mol. The minimum absolute atomic E-state index is 0.0900. The molecule has 0 saturated heterocycles. The Morgan fingerprint density at radius 3 is 2.57 bits per heavy atom. The molecule has 7 heteroatoms. The number of aromatic amines is 1. The van der Waals surface area contributed by atoms with Crippen molar-refractivity contribution >= 4 is 39.8 Å². The van der Waals surface area contributed by atoms with E-state index in [4.69, 9.17) is 21.4 Å². The summed E-state index contributed by atoms with van der Waals surface area (Å²) in [6.07, 6.45) is 0. The molecule has 140 valence electrons. The SMILES string of the molecule is O=C(O)c1cc2c(Nc3ccc(Oc4ccccc4)c(Cl)c3)ccc(F)c2[nH]1. The van der Waals surface area contributed by atoms with Crippen LogP contribution in [-0.4, -0.2) is 16.1 Å². The zero-order valence-corrected chi connectivity index (χ0v) is 15.1. The van der Waals surface area contributed by atoms with Crippen LogP contribution in [0.3, 0.4) is 0 Å². The first-order chi connectivity index (χ1) is 13.5. The van der Waals surface area contributed by atoms with Gasteiger partial charge in [0.2, 0.25) is 0 Å². The highest BCUT2D eigenvalue weighted by atomic mass is 35.5. The molecule has 0 unspecified atom stereocenters. The third-order valence-corrected chi connectivity index (χ3v) is 4.45. The molecule has 0 radical (unpaired) electrons. The third-order valence-electron chi connectivity index (χ3n) is 4.16. The molecule has 0 fully saturated rings. The smallest absolute Gasteiger partial charge is 0.352 e. The van der Waals surface area contributed by atoms with Crippen molar-refractivity contribution in [2.75, 3.05) is 5.32 Å².